The zero-order chi connectivity index (χ0) is 17.3. The summed E-state index contributed by atoms with van der Waals surface area (Å²) in [5, 5.41) is 5.67. The highest BCUT2D eigenvalue weighted by atomic mass is 16.2. The average Bonchev–Trinajstić information content (AvgIpc) is 2.68. The van der Waals surface area contributed by atoms with Gasteiger partial charge in [0.1, 0.15) is 0 Å². The van der Waals surface area contributed by atoms with E-state index >= 15 is 0 Å². The Hall–Kier alpha value is -3.28. The molecule has 2 amide bonds. The van der Waals surface area contributed by atoms with Gasteiger partial charge in [0.25, 0.3) is 0 Å². The van der Waals surface area contributed by atoms with Crippen LogP contribution in [0.15, 0.2) is 67.3 Å². The number of amides is 2. The van der Waals surface area contributed by atoms with E-state index < -0.39 is 0 Å². The molecule has 2 aromatic heterocycles. The molecule has 0 spiro atoms. The van der Waals surface area contributed by atoms with Gasteiger partial charge in [-0.05, 0) is 24.1 Å². The van der Waals surface area contributed by atoms with E-state index in [9.17, 15) is 4.79 Å². The quantitative estimate of drug-likeness (QED) is 0.726. The second kappa shape index (κ2) is 8.54. The van der Waals surface area contributed by atoms with E-state index in [1.165, 1.54) is 5.56 Å². The normalized spacial score (nSPS) is 10.2. The number of rotatable bonds is 6. The number of nitrogens with one attached hydrogen (secondary N) is 2. The molecule has 0 fully saturated rings. The van der Waals surface area contributed by atoms with Crippen molar-refractivity contribution in [3.8, 4) is 11.3 Å². The van der Waals surface area contributed by atoms with Gasteiger partial charge < -0.3 is 10.6 Å². The van der Waals surface area contributed by atoms with E-state index in [4.69, 9.17) is 0 Å². The SMILES string of the molecule is O=C(NCCc1ccccc1)NCc1nccnc1-c1cccnc1. The summed E-state index contributed by atoms with van der Waals surface area (Å²) >= 11 is 0. The van der Waals surface area contributed by atoms with Gasteiger partial charge in [0.2, 0.25) is 0 Å². The van der Waals surface area contributed by atoms with Gasteiger partial charge in [-0.1, -0.05) is 30.3 Å². The van der Waals surface area contributed by atoms with E-state index in [0.717, 1.165) is 17.7 Å². The molecule has 0 saturated heterocycles. The number of carbonyl (C=O) groups excluding carboxylic acids is 1. The minimum Gasteiger partial charge on any atom is -0.338 e. The molecule has 2 N–H and O–H groups in total. The van der Waals surface area contributed by atoms with Crippen LogP contribution in [0.1, 0.15) is 11.3 Å². The molecule has 6 nitrogen and oxygen atoms in total. The number of carbonyl (C=O) groups is 1. The molecule has 0 saturated carbocycles. The van der Waals surface area contributed by atoms with Crippen LogP contribution in [-0.4, -0.2) is 27.5 Å². The highest BCUT2D eigenvalue weighted by molar-refractivity contribution is 5.74. The summed E-state index contributed by atoms with van der Waals surface area (Å²) in [5.41, 5.74) is 3.49. The number of benzene rings is 1. The first kappa shape index (κ1) is 16.6. The standard InChI is InChI=1S/C19H19N5O/c25-19(23-10-8-15-5-2-1-3-6-15)24-14-17-18(22-12-11-21-17)16-7-4-9-20-13-16/h1-7,9,11-13H,8,10,14H2,(H2,23,24,25). The van der Waals surface area contributed by atoms with Crippen LogP contribution in [0, 0.1) is 0 Å². The van der Waals surface area contributed by atoms with Crippen molar-refractivity contribution in [3.05, 3.63) is 78.5 Å². The van der Waals surface area contributed by atoms with Crippen LogP contribution < -0.4 is 10.6 Å². The molecule has 0 unspecified atom stereocenters. The van der Waals surface area contributed by atoms with Crippen LogP contribution in [0.5, 0.6) is 0 Å². The summed E-state index contributed by atoms with van der Waals surface area (Å²) in [6.45, 7) is 0.876. The fourth-order valence-electron chi connectivity index (χ4n) is 2.43. The molecule has 0 aliphatic rings. The molecule has 0 atom stereocenters. The number of urea groups is 1. The Balaban J connectivity index is 1.52. The van der Waals surface area contributed by atoms with Crippen LogP contribution in [0.3, 0.4) is 0 Å². The average molecular weight is 333 g/mol. The van der Waals surface area contributed by atoms with Crippen molar-refractivity contribution < 1.29 is 4.79 Å². The molecule has 0 radical (unpaired) electrons. The maximum absolute atomic E-state index is 12.0. The van der Waals surface area contributed by atoms with Gasteiger partial charge >= 0.3 is 6.03 Å². The van der Waals surface area contributed by atoms with Gasteiger partial charge in [-0.3, -0.25) is 15.0 Å². The topological polar surface area (TPSA) is 79.8 Å². The van der Waals surface area contributed by atoms with Crippen LogP contribution in [0.2, 0.25) is 0 Å². The van der Waals surface area contributed by atoms with Crippen LogP contribution in [0.4, 0.5) is 4.79 Å². The molecule has 0 bridgehead atoms. The summed E-state index contributed by atoms with van der Waals surface area (Å²) in [6.07, 6.45) is 7.47. The van der Waals surface area contributed by atoms with Crippen LogP contribution >= 0.6 is 0 Å². The van der Waals surface area contributed by atoms with Gasteiger partial charge in [-0.2, -0.15) is 0 Å². The second-order valence-corrected chi connectivity index (χ2v) is 5.44. The maximum atomic E-state index is 12.0. The Morgan fingerprint density at radius 1 is 0.920 bits per heavy atom. The molecule has 1 aromatic carbocycles. The molecular formula is C19H19N5O. The second-order valence-electron chi connectivity index (χ2n) is 5.44. The Bertz CT molecular complexity index is 808. The van der Waals surface area contributed by atoms with Crippen LogP contribution in [-0.2, 0) is 13.0 Å². The molecule has 126 valence electrons. The van der Waals surface area contributed by atoms with Gasteiger partial charge in [-0.25, -0.2) is 4.79 Å². The number of nitrogens with zero attached hydrogens (tertiary/aromatic N) is 3. The molecule has 6 heteroatoms. The minimum atomic E-state index is -0.223. The third-order valence-electron chi connectivity index (χ3n) is 3.67. The van der Waals surface area contributed by atoms with Crippen molar-refractivity contribution in [2.24, 2.45) is 0 Å². The van der Waals surface area contributed by atoms with Crippen molar-refractivity contribution in [1.29, 1.82) is 0 Å². The van der Waals surface area contributed by atoms with Crippen molar-refractivity contribution in [2.45, 2.75) is 13.0 Å². The lowest BCUT2D eigenvalue weighted by Crippen LogP contribution is -2.36. The highest BCUT2D eigenvalue weighted by Gasteiger charge is 2.09. The molecule has 2 heterocycles. The van der Waals surface area contributed by atoms with Crippen molar-refractivity contribution in [2.75, 3.05) is 6.54 Å². The fourth-order valence-corrected chi connectivity index (χ4v) is 2.43. The Morgan fingerprint density at radius 2 is 1.76 bits per heavy atom. The van der Waals surface area contributed by atoms with Gasteiger partial charge in [0.15, 0.2) is 0 Å². The van der Waals surface area contributed by atoms with Gasteiger partial charge in [-0.15, -0.1) is 0 Å². The lowest BCUT2D eigenvalue weighted by Gasteiger charge is -2.10. The zero-order valence-corrected chi connectivity index (χ0v) is 13.7. The largest absolute Gasteiger partial charge is 0.338 e. The summed E-state index contributed by atoms with van der Waals surface area (Å²) in [7, 11) is 0. The lowest BCUT2D eigenvalue weighted by molar-refractivity contribution is 0.240. The lowest BCUT2D eigenvalue weighted by atomic mass is 10.1. The summed E-state index contributed by atoms with van der Waals surface area (Å²) < 4.78 is 0. The number of hydrogen-bond donors (Lipinski definition) is 2. The number of pyridine rings is 1. The van der Waals surface area contributed by atoms with E-state index in [-0.39, 0.29) is 6.03 Å². The predicted molar refractivity (Wildman–Crippen MR) is 95.6 cm³/mol. The minimum absolute atomic E-state index is 0.223. The Kier molecular flexibility index (Phi) is 5.66. The molecule has 0 aliphatic heterocycles. The van der Waals surface area contributed by atoms with Crippen molar-refractivity contribution >= 4 is 6.03 Å². The first-order valence-electron chi connectivity index (χ1n) is 8.09. The van der Waals surface area contributed by atoms with Crippen LogP contribution in [0.25, 0.3) is 11.3 Å². The number of aromatic nitrogens is 3. The molecule has 0 aliphatic carbocycles. The molecular weight excluding hydrogens is 314 g/mol. The van der Waals surface area contributed by atoms with Crippen molar-refractivity contribution in [3.63, 3.8) is 0 Å². The Labute approximate surface area is 146 Å². The molecule has 3 aromatic rings. The third-order valence-corrected chi connectivity index (χ3v) is 3.67. The van der Waals surface area contributed by atoms with E-state index in [2.05, 4.69) is 25.6 Å². The van der Waals surface area contributed by atoms with Crippen molar-refractivity contribution in [1.82, 2.24) is 25.6 Å². The molecule has 3 rings (SSSR count). The highest BCUT2D eigenvalue weighted by Crippen LogP contribution is 2.17. The van der Waals surface area contributed by atoms with E-state index in [1.807, 2.05) is 42.5 Å². The monoisotopic (exact) mass is 333 g/mol. The maximum Gasteiger partial charge on any atom is 0.315 e. The summed E-state index contributed by atoms with van der Waals surface area (Å²) in [5.74, 6) is 0. The summed E-state index contributed by atoms with van der Waals surface area (Å²) in [6, 6.07) is 13.6. The Morgan fingerprint density at radius 3 is 2.56 bits per heavy atom. The third kappa shape index (κ3) is 4.84. The van der Waals surface area contributed by atoms with Gasteiger partial charge in [0.05, 0.1) is 17.9 Å². The first-order valence-corrected chi connectivity index (χ1v) is 8.09. The van der Waals surface area contributed by atoms with Gasteiger partial charge in [0, 0.05) is 36.9 Å². The summed E-state index contributed by atoms with van der Waals surface area (Å²) in [4.78, 5) is 24.7. The predicted octanol–water partition coefficient (Wildman–Crippen LogP) is 2.58. The number of hydrogen-bond acceptors (Lipinski definition) is 4. The smallest absolute Gasteiger partial charge is 0.315 e. The zero-order valence-electron chi connectivity index (χ0n) is 13.7. The molecule has 25 heavy (non-hydrogen) atoms. The van der Waals surface area contributed by atoms with E-state index in [0.29, 0.717) is 18.8 Å². The fraction of sp³-hybridized carbons (Fsp3) is 0.158. The first-order chi connectivity index (χ1) is 12.3. The van der Waals surface area contributed by atoms with E-state index in [1.54, 1.807) is 24.8 Å².